The fourth-order valence-corrected chi connectivity index (χ4v) is 3.25. The van der Waals surface area contributed by atoms with Crippen LogP contribution in [-0.2, 0) is 4.79 Å². The van der Waals surface area contributed by atoms with E-state index in [0.29, 0.717) is 21.8 Å². The average molecular weight is 382 g/mol. The van der Waals surface area contributed by atoms with Crippen molar-refractivity contribution in [1.29, 1.82) is 0 Å². The maximum Gasteiger partial charge on any atom is 0.282 e. The number of rotatable bonds is 7. The van der Waals surface area contributed by atoms with Gasteiger partial charge < -0.3 is 15.5 Å². The largest absolute Gasteiger partial charge is 0.331 e. The SMILES string of the molecule is C[C@@H]([NH2+]C[C@@H](c1ccccc1)[NH+](C)C)C(=O)Nc1cc(Cl)cc(Cl)c1. The Morgan fingerprint density at radius 3 is 2.28 bits per heavy atom. The smallest absolute Gasteiger partial charge is 0.282 e. The van der Waals surface area contributed by atoms with E-state index in [0.717, 1.165) is 6.54 Å². The monoisotopic (exact) mass is 381 g/mol. The molecule has 1 amide bonds. The number of benzene rings is 2. The molecule has 25 heavy (non-hydrogen) atoms. The van der Waals surface area contributed by atoms with Crippen LogP contribution < -0.4 is 15.5 Å². The minimum absolute atomic E-state index is 0.0705. The van der Waals surface area contributed by atoms with Gasteiger partial charge in [-0.15, -0.1) is 0 Å². The Bertz CT molecular complexity index is 687. The third kappa shape index (κ3) is 6.01. The third-order valence-electron chi connectivity index (χ3n) is 4.17. The van der Waals surface area contributed by atoms with Crippen LogP contribution in [0.4, 0.5) is 5.69 Å². The van der Waals surface area contributed by atoms with E-state index in [2.05, 4.69) is 36.9 Å². The second-order valence-corrected chi connectivity index (χ2v) is 7.32. The number of anilines is 1. The topological polar surface area (TPSA) is 50.2 Å². The Labute approximate surface area is 159 Å². The van der Waals surface area contributed by atoms with Crippen LogP contribution in [0.15, 0.2) is 48.5 Å². The summed E-state index contributed by atoms with van der Waals surface area (Å²) in [4.78, 5) is 13.7. The Kier molecular flexibility index (Phi) is 7.26. The van der Waals surface area contributed by atoms with Crippen molar-refractivity contribution < 1.29 is 15.0 Å². The second-order valence-electron chi connectivity index (χ2n) is 6.45. The van der Waals surface area contributed by atoms with Gasteiger partial charge in [0.05, 0.1) is 14.1 Å². The van der Waals surface area contributed by atoms with Gasteiger partial charge in [-0.1, -0.05) is 53.5 Å². The van der Waals surface area contributed by atoms with E-state index in [1.54, 1.807) is 18.2 Å². The predicted octanol–water partition coefficient (Wildman–Crippen LogP) is 1.77. The van der Waals surface area contributed by atoms with Gasteiger partial charge in [0.1, 0.15) is 6.54 Å². The summed E-state index contributed by atoms with van der Waals surface area (Å²) in [6.45, 7) is 2.71. The molecule has 0 radical (unpaired) electrons. The van der Waals surface area contributed by atoms with Gasteiger partial charge in [-0.3, -0.25) is 4.79 Å². The Morgan fingerprint density at radius 2 is 1.72 bits per heavy atom. The molecular formula is C19H25Cl2N3O+2. The van der Waals surface area contributed by atoms with Crippen LogP contribution in [0.2, 0.25) is 10.0 Å². The summed E-state index contributed by atoms with van der Waals surface area (Å²) in [5.41, 5.74) is 1.88. The number of carbonyl (C=O) groups is 1. The Hall–Kier alpha value is -1.59. The lowest BCUT2D eigenvalue weighted by Crippen LogP contribution is -3.10. The van der Waals surface area contributed by atoms with Gasteiger partial charge in [-0.25, -0.2) is 0 Å². The molecule has 0 aliphatic rings. The molecule has 2 rings (SSSR count). The van der Waals surface area contributed by atoms with Gasteiger partial charge >= 0.3 is 0 Å². The zero-order chi connectivity index (χ0) is 18.4. The average Bonchev–Trinajstić information content (AvgIpc) is 2.54. The molecule has 0 saturated carbocycles. The van der Waals surface area contributed by atoms with Crippen molar-refractivity contribution in [3.63, 3.8) is 0 Å². The van der Waals surface area contributed by atoms with E-state index in [-0.39, 0.29) is 11.9 Å². The molecular weight excluding hydrogens is 357 g/mol. The van der Waals surface area contributed by atoms with Crippen molar-refractivity contribution >= 4 is 34.8 Å². The van der Waals surface area contributed by atoms with Crippen molar-refractivity contribution in [2.24, 2.45) is 0 Å². The highest BCUT2D eigenvalue weighted by molar-refractivity contribution is 6.35. The minimum atomic E-state index is -0.219. The fourth-order valence-electron chi connectivity index (χ4n) is 2.72. The fraction of sp³-hybridized carbons (Fsp3) is 0.316. The number of nitrogens with one attached hydrogen (secondary N) is 2. The van der Waals surface area contributed by atoms with Gasteiger partial charge in [-0.2, -0.15) is 0 Å². The van der Waals surface area contributed by atoms with Crippen molar-refractivity contribution in [2.45, 2.75) is 19.0 Å². The van der Waals surface area contributed by atoms with E-state index >= 15 is 0 Å². The van der Waals surface area contributed by atoms with Crippen molar-refractivity contribution in [2.75, 3.05) is 26.0 Å². The minimum Gasteiger partial charge on any atom is -0.331 e. The van der Waals surface area contributed by atoms with Crippen molar-refractivity contribution in [3.05, 3.63) is 64.1 Å². The number of likely N-dealkylation sites (N-methyl/N-ethyl adjacent to an activating group) is 1. The summed E-state index contributed by atoms with van der Waals surface area (Å²) in [5, 5.41) is 5.93. The van der Waals surface area contributed by atoms with Gasteiger partial charge in [-0.05, 0) is 25.1 Å². The first kappa shape index (κ1) is 19.7. The number of carbonyl (C=O) groups excluding carboxylic acids is 1. The Balaban J connectivity index is 1.95. The molecule has 0 aromatic heterocycles. The van der Waals surface area contributed by atoms with E-state index in [4.69, 9.17) is 23.2 Å². The molecule has 0 spiro atoms. The summed E-state index contributed by atoms with van der Waals surface area (Å²) in [6.07, 6.45) is 0. The standard InChI is InChI=1S/C19H23Cl2N3O/c1-13(19(25)23-17-10-15(20)9-16(21)11-17)22-12-18(24(2)3)14-7-5-4-6-8-14/h4-11,13,18,22H,12H2,1-3H3,(H,23,25)/p+2/t13-,18+/m1/s1. The number of hydrogen-bond acceptors (Lipinski definition) is 1. The quantitative estimate of drug-likeness (QED) is 0.672. The van der Waals surface area contributed by atoms with Gasteiger partial charge in [0.25, 0.3) is 5.91 Å². The summed E-state index contributed by atoms with van der Waals surface area (Å²) >= 11 is 11.9. The second kappa shape index (κ2) is 9.20. The molecule has 0 saturated heterocycles. The van der Waals surface area contributed by atoms with E-state index < -0.39 is 0 Å². The summed E-state index contributed by atoms with van der Waals surface area (Å²) < 4.78 is 0. The lowest BCUT2D eigenvalue weighted by atomic mass is 10.1. The summed E-state index contributed by atoms with van der Waals surface area (Å²) in [6, 6.07) is 15.5. The molecule has 2 aromatic carbocycles. The number of amides is 1. The van der Waals surface area contributed by atoms with Crippen molar-refractivity contribution in [1.82, 2.24) is 0 Å². The van der Waals surface area contributed by atoms with Crippen LogP contribution in [-0.4, -0.2) is 32.6 Å². The van der Waals surface area contributed by atoms with Gasteiger partial charge in [0.2, 0.25) is 0 Å². The predicted molar refractivity (Wildman–Crippen MR) is 103 cm³/mol. The van der Waals surface area contributed by atoms with Crippen LogP contribution >= 0.6 is 23.2 Å². The first-order valence-corrected chi connectivity index (χ1v) is 9.07. The van der Waals surface area contributed by atoms with Crippen molar-refractivity contribution in [3.8, 4) is 0 Å². The number of quaternary nitrogens is 2. The highest BCUT2D eigenvalue weighted by atomic mass is 35.5. The lowest BCUT2D eigenvalue weighted by Gasteiger charge is -2.22. The van der Waals surface area contributed by atoms with Gasteiger partial charge in [0.15, 0.2) is 12.1 Å². The molecule has 2 atom stereocenters. The molecule has 0 heterocycles. The van der Waals surface area contributed by atoms with E-state index in [1.807, 2.05) is 25.1 Å². The maximum absolute atomic E-state index is 12.4. The third-order valence-corrected chi connectivity index (χ3v) is 4.60. The zero-order valence-corrected chi connectivity index (χ0v) is 16.2. The highest BCUT2D eigenvalue weighted by Gasteiger charge is 2.23. The van der Waals surface area contributed by atoms with Crippen LogP contribution in [0, 0.1) is 0 Å². The molecule has 0 aliphatic heterocycles. The molecule has 0 unspecified atom stereocenters. The molecule has 0 aliphatic carbocycles. The van der Waals surface area contributed by atoms with Crippen LogP contribution in [0.1, 0.15) is 18.5 Å². The Morgan fingerprint density at radius 1 is 1.12 bits per heavy atom. The molecule has 134 valence electrons. The van der Waals surface area contributed by atoms with Gasteiger partial charge in [0, 0.05) is 21.3 Å². The molecule has 4 N–H and O–H groups in total. The van der Waals surface area contributed by atoms with Crippen LogP contribution in [0.3, 0.4) is 0 Å². The number of halogens is 2. The lowest BCUT2D eigenvalue weighted by molar-refractivity contribution is -0.910. The van der Waals surface area contributed by atoms with E-state index in [9.17, 15) is 4.79 Å². The molecule has 0 fully saturated rings. The van der Waals surface area contributed by atoms with Crippen LogP contribution in [0.25, 0.3) is 0 Å². The summed E-state index contributed by atoms with van der Waals surface area (Å²) in [5.74, 6) is -0.0705. The first-order valence-electron chi connectivity index (χ1n) is 8.32. The first-order chi connectivity index (χ1) is 11.9. The normalized spacial score (nSPS) is 13.5. The number of nitrogens with two attached hydrogens (primary N) is 1. The maximum atomic E-state index is 12.4. The molecule has 2 aromatic rings. The summed E-state index contributed by atoms with van der Waals surface area (Å²) in [7, 11) is 4.26. The zero-order valence-electron chi connectivity index (χ0n) is 14.7. The molecule has 6 heteroatoms. The highest BCUT2D eigenvalue weighted by Crippen LogP contribution is 2.22. The van der Waals surface area contributed by atoms with E-state index in [1.165, 1.54) is 10.5 Å². The molecule has 4 nitrogen and oxygen atoms in total. The van der Waals surface area contributed by atoms with Crippen LogP contribution in [0.5, 0.6) is 0 Å². The molecule has 0 bridgehead atoms. The number of hydrogen-bond donors (Lipinski definition) is 3.